The number of hydrogen-bond donors (Lipinski definition) is 0. The van der Waals surface area contributed by atoms with Crippen molar-refractivity contribution in [2.45, 2.75) is 6.61 Å². The van der Waals surface area contributed by atoms with Gasteiger partial charge in [0.1, 0.15) is 29.7 Å². The maximum atomic E-state index is 10.8. The van der Waals surface area contributed by atoms with Crippen LogP contribution in [0.5, 0.6) is 5.75 Å². The number of nitro benzene ring substituents is 1. The second-order valence-corrected chi connectivity index (χ2v) is 8.57. The van der Waals surface area contributed by atoms with Crippen LogP contribution in [-0.4, -0.2) is 11.1 Å². The minimum absolute atomic E-state index is 0.0252. The fourth-order valence-electron chi connectivity index (χ4n) is 3.57. The summed E-state index contributed by atoms with van der Waals surface area (Å²) in [7, 11) is 0. The van der Waals surface area contributed by atoms with Crippen LogP contribution in [0.1, 0.15) is 16.7 Å². The molecular formula is C27H16BrN3O6. The molecule has 2 aromatic carbocycles. The third-order valence-electron chi connectivity index (χ3n) is 5.34. The standard InChI is InChI=1S/C27H16BrN3O6/c28-21-13-18(7-10-22(21)36-16-17-5-8-19(9-6-17)31(32)33)15-30-27-20(14-29)25(23-3-1-11-34-23)26(37-27)24-4-2-12-35-24/h1-13,15H,16H2. The van der Waals surface area contributed by atoms with Gasteiger partial charge in [-0.05, 0) is 81.7 Å². The normalized spacial score (nSPS) is 11.0. The monoisotopic (exact) mass is 557 g/mol. The first-order valence-corrected chi connectivity index (χ1v) is 11.7. The highest BCUT2D eigenvalue weighted by Gasteiger charge is 2.26. The van der Waals surface area contributed by atoms with Crippen molar-refractivity contribution in [3.05, 3.63) is 111 Å². The topological polar surface area (TPSA) is 128 Å². The van der Waals surface area contributed by atoms with E-state index in [2.05, 4.69) is 27.0 Å². The second kappa shape index (κ2) is 10.4. The van der Waals surface area contributed by atoms with Gasteiger partial charge in [0.2, 0.25) is 5.88 Å². The molecule has 37 heavy (non-hydrogen) atoms. The summed E-state index contributed by atoms with van der Waals surface area (Å²) < 4.78 is 23.5. The molecule has 9 nitrogen and oxygen atoms in total. The molecule has 5 aromatic rings. The largest absolute Gasteiger partial charge is 0.488 e. The molecule has 3 heterocycles. The summed E-state index contributed by atoms with van der Waals surface area (Å²) in [6.07, 6.45) is 4.60. The fourth-order valence-corrected chi connectivity index (χ4v) is 4.08. The van der Waals surface area contributed by atoms with E-state index in [0.29, 0.717) is 33.1 Å². The lowest BCUT2D eigenvalue weighted by atomic mass is 10.1. The van der Waals surface area contributed by atoms with E-state index in [1.807, 2.05) is 6.07 Å². The second-order valence-electron chi connectivity index (χ2n) is 7.71. The number of nitro groups is 1. The van der Waals surface area contributed by atoms with E-state index in [-0.39, 0.29) is 23.7 Å². The van der Waals surface area contributed by atoms with Crippen LogP contribution in [-0.2, 0) is 6.61 Å². The highest BCUT2D eigenvalue weighted by atomic mass is 79.9. The highest BCUT2D eigenvalue weighted by Crippen LogP contribution is 2.42. The van der Waals surface area contributed by atoms with E-state index in [4.69, 9.17) is 18.0 Å². The molecule has 0 aliphatic carbocycles. The summed E-state index contributed by atoms with van der Waals surface area (Å²) >= 11 is 3.50. The van der Waals surface area contributed by atoms with Gasteiger partial charge in [-0.2, -0.15) is 5.26 Å². The maximum Gasteiger partial charge on any atom is 0.269 e. The van der Waals surface area contributed by atoms with Crippen molar-refractivity contribution in [3.8, 4) is 34.7 Å². The van der Waals surface area contributed by atoms with Gasteiger partial charge in [-0.3, -0.25) is 10.1 Å². The first-order valence-electron chi connectivity index (χ1n) is 10.9. The Morgan fingerprint density at radius 1 is 1.05 bits per heavy atom. The van der Waals surface area contributed by atoms with Crippen LogP contribution < -0.4 is 4.74 Å². The number of aliphatic imine (C=N–C) groups is 1. The molecule has 0 spiro atoms. The Labute approximate surface area is 218 Å². The van der Waals surface area contributed by atoms with Crippen molar-refractivity contribution in [1.82, 2.24) is 0 Å². The van der Waals surface area contributed by atoms with Crippen LogP contribution in [0.15, 0.2) is 102 Å². The van der Waals surface area contributed by atoms with Crippen molar-refractivity contribution in [2.75, 3.05) is 0 Å². The van der Waals surface area contributed by atoms with Crippen molar-refractivity contribution < 1.29 is 22.9 Å². The molecule has 0 bridgehead atoms. The molecule has 0 saturated carbocycles. The number of benzene rings is 2. The summed E-state index contributed by atoms with van der Waals surface area (Å²) in [5, 5.41) is 20.7. The molecule has 0 atom stereocenters. The fraction of sp³-hybridized carbons (Fsp3) is 0.0370. The van der Waals surface area contributed by atoms with Gasteiger partial charge in [0.05, 0.1) is 27.5 Å². The van der Waals surface area contributed by atoms with Crippen LogP contribution in [0.25, 0.3) is 22.8 Å². The van der Waals surface area contributed by atoms with Crippen molar-refractivity contribution in [2.24, 2.45) is 4.99 Å². The van der Waals surface area contributed by atoms with Gasteiger partial charge >= 0.3 is 0 Å². The summed E-state index contributed by atoms with van der Waals surface area (Å²) in [5.41, 5.74) is 2.24. The van der Waals surface area contributed by atoms with Crippen LogP contribution >= 0.6 is 15.9 Å². The van der Waals surface area contributed by atoms with Gasteiger partial charge in [-0.25, -0.2) is 4.99 Å². The van der Waals surface area contributed by atoms with Crippen molar-refractivity contribution in [1.29, 1.82) is 5.26 Å². The zero-order valence-corrected chi connectivity index (χ0v) is 20.5. The average Bonchev–Trinajstić information content (AvgIpc) is 3.67. The third-order valence-corrected chi connectivity index (χ3v) is 5.96. The number of rotatable bonds is 8. The Balaban J connectivity index is 1.37. The highest BCUT2D eigenvalue weighted by molar-refractivity contribution is 9.10. The molecule has 0 saturated heterocycles. The summed E-state index contributed by atoms with van der Waals surface area (Å²) in [4.78, 5) is 14.8. The number of hydrogen-bond acceptors (Lipinski definition) is 8. The third kappa shape index (κ3) is 5.07. The van der Waals surface area contributed by atoms with E-state index in [1.54, 1.807) is 54.7 Å². The zero-order chi connectivity index (χ0) is 25.8. The number of non-ortho nitro benzene ring substituents is 1. The molecule has 10 heteroatoms. The van der Waals surface area contributed by atoms with E-state index in [0.717, 1.165) is 11.1 Å². The van der Waals surface area contributed by atoms with Crippen LogP contribution in [0.4, 0.5) is 11.6 Å². The molecule has 182 valence electrons. The number of ether oxygens (including phenoxy) is 1. The first kappa shape index (κ1) is 23.8. The van der Waals surface area contributed by atoms with E-state index >= 15 is 0 Å². The first-order chi connectivity index (χ1) is 18.0. The summed E-state index contributed by atoms with van der Waals surface area (Å²) in [5.74, 6) is 1.97. The summed E-state index contributed by atoms with van der Waals surface area (Å²) in [6, 6.07) is 20.6. The lowest BCUT2D eigenvalue weighted by Crippen LogP contribution is -1.97. The Kier molecular flexibility index (Phi) is 6.70. The molecule has 0 N–H and O–H groups in total. The Bertz CT molecular complexity index is 1610. The van der Waals surface area contributed by atoms with Crippen molar-refractivity contribution in [3.63, 3.8) is 0 Å². The van der Waals surface area contributed by atoms with E-state index < -0.39 is 4.92 Å². The average molecular weight is 558 g/mol. The smallest absolute Gasteiger partial charge is 0.269 e. The lowest BCUT2D eigenvalue weighted by molar-refractivity contribution is -0.384. The number of nitrogens with zero attached hydrogens (tertiary/aromatic N) is 3. The molecular weight excluding hydrogens is 542 g/mol. The lowest BCUT2D eigenvalue weighted by Gasteiger charge is -2.09. The number of nitriles is 1. The van der Waals surface area contributed by atoms with Crippen molar-refractivity contribution >= 4 is 33.7 Å². The minimum Gasteiger partial charge on any atom is -0.488 e. The van der Waals surface area contributed by atoms with Gasteiger partial charge < -0.3 is 18.0 Å². The molecule has 0 amide bonds. The molecule has 0 radical (unpaired) electrons. The predicted octanol–water partition coefficient (Wildman–Crippen LogP) is 7.67. The molecule has 0 aliphatic rings. The SMILES string of the molecule is N#Cc1c(N=Cc2ccc(OCc3ccc([N+](=O)[O-])cc3)c(Br)c2)oc(-c2ccco2)c1-c1ccco1. The van der Waals surface area contributed by atoms with Gasteiger partial charge in [-0.15, -0.1) is 0 Å². The van der Waals surface area contributed by atoms with Crippen LogP contribution in [0.2, 0.25) is 0 Å². The van der Waals surface area contributed by atoms with E-state index in [9.17, 15) is 15.4 Å². The molecule has 0 unspecified atom stereocenters. The molecule has 0 aliphatic heterocycles. The summed E-state index contributed by atoms with van der Waals surface area (Å²) in [6.45, 7) is 0.243. The predicted molar refractivity (Wildman–Crippen MR) is 138 cm³/mol. The Morgan fingerprint density at radius 2 is 1.78 bits per heavy atom. The van der Waals surface area contributed by atoms with Gasteiger partial charge in [0.15, 0.2) is 11.5 Å². The maximum absolute atomic E-state index is 10.8. The van der Waals surface area contributed by atoms with E-state index in [1.165, 1.54) is 24.7 Å². The molecule has 5 rings (SSSR count). The van der Waals surface area contributed by atoms with Gasteiger partial charge in [0, 0.05) is 18.3 Å². The van der Waals surface area contributed by atoms with Crippen LogP contribution in [0.3, 0.4) is 0 Å². The van der Waals surface area contributed by atoms with Crippen LogP contribution in [0, 0.1) is 21.4 Å². The Hall–Kier alpha value is -4.88. The zero-order valence-electron chi connectivity index (χ0n) is 19.0. The number of halogens is 1. The molecule has 0 fully saturated rings. The number of furan rings is 3. The quantitative estimate of drug-likeness (QED) is 0.109. The Morgan fingerprint density at radius 3 is 2.41 bits per heavy atom. The van der Waals surface area contributed by atoms with Gasteiger partial charge in [0.25, 0.3) is 5.69 Å². The van der Waals surface area contributed by atoms with Gasteiger partial charge in [-0.1, -0.05) is 0 Å². The minimum atomic E-state index is -0.445. The molecule has 3 aromatic heterocycles.